The number of carbonyl (C=O) groups excluding carboxylic acids is 1. The van der Waals surface area contributed by atoms with Gasteiger partial charge in [0.2, 0.25) is 0 Å². The lowest BCUT2D eigenvalue weighted by molar-refractivity contribution is 0.105. The summed E-state index contributed by atoms with van der Waals surface area (Å²) in [4.78, 5) is 15.5. The molecule has 1 aliphatic carbocycles. The molecule has 9 heteroatoms. The van der Waals surface area contributed by atoms with Crippen LogP contribution in [0.1, 0.15) is 75.1 Å². The molecule has 1 heterocycles. The number of nitrogens with one attached hydrogen (secondary N) is 2. The van der Waals surface area contributed by atoms with Crippen LogP contribution in [0.5, 0.6) is 0 Å². The summed E-state index contributed by atoms with van der Waals surface area (Å²) >= 11 is 3.47. The van der Waals surface area contributed by atoms with Gasteiger partial charge in [0.1, 0.15) is 0 Å². The monoisotopic (exact) mass is 582 g/mol. The van der Waals surface area contributed by atoms with E-state index in [1.165, 1.54) is 5.56 Å². The van der Waals surface area contributed by atoms with Gasteiger partial charge in [-0.25, -0.2) is 4.79 Å². The zero-order valence-electron chi connectivity index (χ0n) is 22.5. The van der Waals surface area contributed by atoms with E-state index >= 15 is 0 Å². The first-order chi connectivity index (χ1) is 18.2. The van der Waals surface area contributed by atoms with Gasteiger partial charge in [-0.05, 0) is 72.3 Å². The van der Waals surface area contributed by atoms with Crippen LogP contribution in [-0.2, 0) is 19.4 Å². The molecule has 3 N–H and O–H groups in total. The quantitative estimate of drug-likeness (QED) is 0.304. The van der Waals surface area contributed by atoms with Crippen LogP contribution in [0.2, 0.25) is 0 Å². The number of hydrogen-bond donors (Lipinski definition) is 3. The van der Waals surface area contributed by atoms with E-state index in [2.05, 4.69) is 74.8 Å². The molecule has 0 radical (unpaired) electrons. The Balaban J connectivity index is 1.40. The van der Waals surface area contributed by atoms with Crippen molar-refractivity contribution in [3.63, 3.8) is 0 Å². The summed E-state index contributed by atoms with van der Waals surface area (Å²) in [6.45, 7) is 8.09. The molecule has 0 aliphatic heterocycles. The fourth-order valence-corrected chi connectivity index (χ4v) is 5.55. The van der Waals surface area contributed by atoms with Gasteiger partial charge in [0.25, 0.3) is 0 Å². The van der Waals surface area contributed by atoms with E-state index in [1.807, 2.05) is 41.3 Å². The van der Waals surface area contributed by atoms with Crippen LogP contribution in [0.4, 0.5) is 4.79 Å². The fraction of sp³-hybridized carbons (Fsp3) is 0.517. The third-order valence-corrected chi connectivity index (χ3v) is 8.24. The Bertz CT molecular complexity index is 1140. The zero-order chi connectivity index (χ0) is 27.1. The summed E-state index contributed by atoms with van der Waals surface area (Å²) in [7, 11) is 0. The number of carbonyl (C=O) groups is 1. The highest BCUT2D eigenvalue weighted by molar-refractivity contribution is 9.10. The van der Waals surface area contributed by atoms with Crippen LogP contribution in [0.25, 0.3) is 0 Å². The fourth-order valence-electron chi connectivity index (χ4n) is 5.29. The number of aliphatic hydroxyl groups excluding tert-OH is 1. The maximum atomic E-state index is 13.5. The number of hydrogen-bond acceptors (Lipinski definition) is 5. The normalized spacial score (nSPS) is 18.7. The van der Waals surface area contributed by atoms with Crippen LogP contribution in [0.15, 0.2) is 53.0 Å². The van der Waals surface area contributed by atoms with E-state index in [0.717, 1.165) is 47.7 Å². The molecular weight excluding hydrogens is 544 g/mol. The van der Waals surface area contributed by atoms with Crippen molar-refractivity contribution >= 4 is 22.0 Å². The zero-order valence-corrected chi connectivity index (χ0v) is 24.1. The third-order valence-electron chi connectivity index (χ3n) is 7.71. The molecule has 0 bridgehead atoms. The van der Waals surface area contributed by atoms with Crippen molar-refractivity contribution in [1.82, 2.24) is 30.8 Å². The molecule has 1 aliphatic rings. The first-order valence-corrected chi connectivity index (χ1v) is 14.3. The predicted molar refractivity (Wildman–Crippen MR) is 151 cm³/mol. The standard InChI is InChI=1S/C29H39BrN6O2/c1-29(2,3)23-10-14-25(15-11-23)36(28(38)31-17-16-20-6-12-24(30)13-7-20)19-21-4-8-22(9-5-21)26(37)18-27-32-34-35-33-27/h4-9,12-13,23,25-26,37H,10-11,14-19H2,1-3H3,(H,31,38)(H,32,33,34,35)/t23?,25?,26-/m1/s1. The molecular formula is C29H39BrN6O2. The van der Waals surface area contributed by atoms with Crippen molar-refractivity contribution in [2.45, 2.75) is 78.0 Å². The van der Waals surface area contributed by atoms with E-state index in [9.17, 15) is 9.90 Å². The third kappa shape index (κ3) is 7.86. The number of benzene rings is 2. The predicted octanol–water partition coefficient (Wildman–Crippen LogP) is 5.60. The molecule has 1 atom stereocenters. The number of rotatable bonds is 9. The second-order valence-corrected chi connectivity index (χ2v) is 12.3. The SMILES string of the molecule is CC(C)(C)C1CCC(N(Cc2ccc([C@H](O)Cc3nn[nH]n3)cc2)C(=O)NCCc2ccc(Br)cc2)CC1. The Kier molecular flexibility index (Phi) is 9.54. The molecule has 1 aromatic heterocycles. The Morgan fingerprint density at radius 3 is 2.34 bits per heavy atom. The summed E-state index contributed by atoms with van der Waals surface area (Å²) in [6.07, 6.45) is 4.67. The lowest BCUT2D eigenvalue weighted by Gasteiger charge is -2.41. The Hall–Kier alpha value is -2.78. The smallest absolute Gasteiger partial charge is 0.317 e. The van der Waals surface area contributed by atoms with Crippen molar-refractivity contribution in [1.29, 1.82) is 0 Å². The van der Waals surface area contributed by atoms with E-state index < -0.39 is 6.10 Å². The molecule has 0 saturated heterocycles. The highest BCUT2D eigenvalue weighted by Gasteiger charge is 2.33. The summed E-state index contributed by atoms with van der Waals surface area (Å²) in [6, 6.07) is 16.2. The molecule has 0 spiro atoms. The van der Waals surface area contributed by atoms with Crippen LogP contribution < -0.4 is 5.32 Å². The van der Waals surface area contributed by atoms with Crippen LogP contribution >= 0.6 is 15.9 Å². The van der Waals surface area contributed by atoms with Crippen molar-refractivity contribution in [3.05, 3.63) is 75.5 Å². The van der Waals surface area contributed by atoms with Crippen molar-refractivity contribution in [3.8, 4) is 0 Å². The highest BCUT2D eigenvalue weighted by Crippen LogP contribution is 2.39. The van der Waals surface area contributed by atoms with Crippen molar-refractivity contribution in [2.24, 2.45) is 11.3 Å². The maximum Gasteiger partial charge on any atom is 0.317 e. The van der Waals surface area contributed by atoms with Gasteiger partial charge in [0, 0.05) is 30.0 Å². The first-order valence-electron chi connectivity index (χ1n) is 13.5. The lowest BCUT2D eigenvalue weighted by Crippen LogP contribution is -2.48. The average molecular weight is 584 g/mol. The van der Waals surface area contributed by atoms with Crippen molar-refractivity contribution in [2.75, 3.05) is 6.54 Å². The number of amides is 2. The van der Waals surface area contributed by atoms with E-state index in [4.69, 9.17) is 0 Å². The van der Waals surface area contributed by atoms with Gasteiger partial charge in [-0.2, -0.15) is 5.21 Å². The van der Waals surface area contributed by atoms with Gasteiger partial charge in [-0.3, -0.25) is 0 Å². The van der Waals surface area contributed by atoms with Gasteiger partial charge >= 0.3 is 6.03 Å². The molecule has 2 amide bonds. The van der Waals surface area contributed by atoms with Gasteiger partial charge in [0.05, 0.1) is 6.10 Å². The Morgan fingerprint density at radius 2 is 1.74 bits per heavy atom. The highest BCUT2D eigenvalue weighted by atomic mass is 79.9. The second-order valence-electron chi connectivity index (χ2n) is 11.4. The molecule has 0 unspecified atom stereocenters. The summed E-state index contributed by atoms with van der Waals surface area (Å²) in [5.41, 5.74) is 3.32. The van der Waals surface area contributed by atoms with Crippen LogP contribution in [0, 0.1) is 11.3 Å². The summed E-state index contributed by atoms with van der Waals surface area (Å²) in [5.74, 6) is 1.15. The number of nitrogens with zero attached hydrogens (tertiary/aromatic N) is 4. The minimum Gasteiger partial charge on any atom is -0.388 e. The average Bonchev–Trinajstić information content (AvgIpc) is 3.41. The Labute approximate surface area is 233 Å². The number of tetrazole rings is 1. The van der Waals surface area contributed by atoms with E-state index in [-0.39, 0.29) is 12.1 Å². The molecule has 38 heavy (non-hydrogen) atoms. The Morgan fingerprint density at radius 1 is 1.08 bits per heavy atom. The molecule has 8 nitrogen and oxygen atoms in total. The molecule has 1 saturated carbocycles. The largest absolute Gasteiger partial charge is 0.388 e. The van der Waals surface area contributed by atoms with Crippen LogP contribution in [-0.4, -0.2) is 49.2 Å². The van der Waals surface area contributed by atoms with Gasteiger partial charge in [0.15, 0.2) is 5.82 Å². The number of aromatic amines is 1. The van der Waals surface area contributed by atoms with E-state index in [1.54, 1.807) is 0 Å². The number of halogens is 1. The number of aromatic nitrogens is 4. The summed E-state index contributed by atoms with van der Waals surface area (Å²) < 4.78 is 1.05. The topological polar surface area (TPSA) is 107 Å². The number of urea groups is 1. The summed E-state index contributed by atoms with van der Waals surface area (Å²) in [5, 5.41) is 27.5. The van der Waals surface area contributed by atoms with Gasteiger partial charge in [-0.15, -0.1) is 10.2 Å². The molecule has 4 rings (SSSR count). The van der Waals surface area contributed by atoms with Crippen LogP contribution in [0.3, 0.4) is 0 Å². The first kappa shape index (κ1) is 28.2. The number of H-pyrrole nitrogens is 1. The molecule has 1 fully saturated rings. The number of aliphatic hydroxyl groups is 1. The molecule has 2 aromatic carbocycles. The second kappa shape index (κ2) is 12.8. The minimum absolute atomic E-state index is 0.0115. The molecule has 3 aromatic rings. The van der Waals surface area contributed by atoms with Gasteiger partial charge < -0.3 is 15.3 Å². The lowest BCUT2D eigenvalue weighted by atomic mass is 9.71. The maximum absolute atomic E-state index is 13.5. The van der Waals surface area contributed by atoms with Crippen molar-refractivity contribution < 1.29 is 9.90 Å². The molecule has 204 valence electrons. The minimum atomic E-state index is -0.715. The van der Waals surface area contributed by atoms with Gasteiger partial charge in [-0.1, -0.05) is 78.3 Å². The van der Waals surface area contributed by atoms with E-state index in [0.29, 0.717) is 36.7 Å².